The van der Waals surface area contributed by atoms with Gasteiger partial charge in [0.05, 0.1) is 29.7 Å². The normalized spacial score (nSPS) is 17.3. The Balaban J connectivity index is 1.42. The van der Waals surface area contributed by atoms with E-state index in [0.29, 0.717) is 17.3 Å². The van der Waals surface area contributed by atoms with Crippen LogP contribution in [0.1, 0.15) is 29.9 Å². The van der Waals surface area contributed by atoms with Crippen molar-refractivity contribution in [2.75, 3.05) is 11.9 Å². The first-order chi connectivity index (χ1) is 17.1. The Morgan fingerprint density at radius 3 is 2.66 bits per heavy atom. The molecule has 0 spiro atoms. The van der Waals surface area contributed by atoms with Gasteiger partial charge in [-0.2, -0.15) is 0 Å². The lowest BCUT2D eigenvalue weighted by Crippen LogP contribution is -2.33. The van der Waals surface area contributed by atoms with E-state index in [4.69, 9.17) is 12.2 Å². The number of amides is 1. The lowest BCUT2D eigenvalue weighted by Gasteiger charge is -2.28. The number of pyridine rings is 2. The minimum absolute atomic E-state index is 0.179. The summed E-state index contributed by atoms with van der Waals surface area (Å²) in [7, 11) is 0. The number of nitrogens with zero attached hydrogens (tertiary/aromatic N) is 4. The van der Waals surface area contributed by atoms with Gasteiger partial charge in [-0.25, -0.2) is 4.39 Å². The molecule has 1 aliphatic rings. The highest BCUT2D eigenvalue weighted by Crippen LogP contribution is 2.39. The van der Waals surface area contributed by atoms with Gasteiger partial charge in [0.15, 0.2) is 5.11 Å². The van der Waals surface area contributed by atoms with Crippen LogP contribution in [0.25, 0.3) is 5.69 Å². The van der Waals surface area contributed by atoms with Crippen molar-refractivity contribution in [3.8, 4) is 5.69 Å². The number of anilines is 1. The van der Waals surface area contributed by atoms with Crippen molar-refractivity contribution in [2.24, 2.45) is 0 Å². The molecule has 0 radical (unpaired) electrons. The number of rotatable bonds is 7. The topological polar surface area (TPSA) is 75.1 Å². The molecule has 1 aromatic carbocycles. The van der Waals surface area contributed by atoms with E-state index in [0.717, 1.165) is 17.1 Å². The van der Waals surface area contributed by atoms with Crippen LogP contribution in [0.2, 0.25) is 0 Å². The van der Waals surface area contributed by atoms with E-state index in [1.165, 1.54) is 24.3 Å². The highest BCUT2D eigenvalue weighted by Gasteiger charge is 2.41. The van der Waals surface area contributed by atoms with Gasteiger partial charge in [0.25, 0.3) is 0 Å². The molecule has 5 rings (SSSR count). The minimum Gasteiger partial charge on any atom is -0.352 e. The van der Waals surface area contributed by atoms with E-state index in [9.17, 15) is 9.18 Å². The number of carbonyl (C=O) groups is 1. The van der Waals surface area contributed by atoms with Crippen molar-refractivity contribution in [3.05, 3.63) is 109 Å². The summed E-state index contributed by atoms with van der Waals surface area (Å²) in [4.78, 5) is 23.5. The van der Waals surface area contributed by atoms with Gasteiger partial charge in [0, 0.05) is 42.9 Å². The van der Waals surface area contributed by atoms with Crippen LogP contribution in [0.15, 0.2) is 91.5 Å². The van der Waals surface area contributed by atoms with Gasteiger partial charge >= 0.3 is 0 Å². The molecule has 2 atom stereocenters. The number of carbonyl (C=O) groups excluding carboxylic acids is 1. The summed E-state index contributed by atoms with van der Waals surface area (Å²) in [6.07, 6.45) is 7.50. The summed E-state index contributed by atoms with van der Waals surface area (Å²) in [5.74, 6) is -0.529. The fourth-order valence-corrected chi connectivity index (χ4v) is 4.64. The third-order valence-corrected chi connectivity index (χ3v) is 6.27. The maximum absolute atomic E-state index is 13.2. The molecule has 0 bridgehead atoms. The SMILES string of the molecule is O=C(CCN1C(=S)N[C@H](c2ccccn2)[C@H]1c1cccn1-c1cccnc1)Nc1ccc(F)cc1. The van der Waals surface area contributed by atoms with Crippen LogP contribution in [0, 0.1) is 5.82 Å². The molecule has 9 heteroatoms. The summed E-state index contributed by atoms with van der Waals surface area (Å²) in [5, 5.41) is 6.78. The van der Waals surface area contributed by atoms with E-state index in [1.807, 2.05) is 47.5 Å². The lowest BCUT2D eigenvalue weighted by molar-refractivity contribution is -0.116. The van der Waals surface area contributed by atoms with Crippen molar-refractivity contribution >= 4 is 28.9 Å². The quantitative estimate of drug-likeness (QED) is 0.377. The monoisotopic (exact) mass is 486 g/mol. The van der Waals surface area contributed by atoms with E-state index in [2.05, 4.69) is 31.2 Å². The highest BCUT2D eigenvalue weighted by atomic mass is 32.1. The molecule has 3 aromatic heterocycles. The number of hydrogen-bond donors (Lipinski definition) is 2. The Bertz CT molecular complexity index is 1310. The Labute approximate surface area is 207 Å². The first-order valence-corrected chi connectivity index (χ1v) is 11.6. The molecule has 0 aliphatic carbocycles. The fourth-order valence-electron chi connectivity index (χ4n) is 4.31. The second-order valence-corrected chi connectivity index (χ2v) is 8.53. The second-order valence-electron chi connectivity index (χ2n) is 8.14. The largest absolute Gasteiger partial charge is 0.352 e. The van der Waals surface area contributed by atoms with E-state index in [1.54, 1.807) is 18.6 Å². The van der Waals surface area contributed by atoms with Gasteiger partial charge in [-0.1, -0.05) is 6.07 Å². The zero-order chi connectivity index (χ0) is 24.2. The second kappa shape index (κ2) is 10.0. The van der Waals surface area contributed by atoms with E-state index in [-0.39, 0.29) is 30.2 Å². The number of hydrogen-bond acceptors (Lipinski definition) is 4. The number of thiocarbonyl (C=S) groups is 1. The standard InChI is InChI=1S/C26H23FN6OS/c27-18-8-10-19(11-9-18)30-23(34)12-16-33-25(24(31-26(33)35)21-6-1-2-14-29-21)22-7-4-15-32(22)20-5-3-13-28-17-20/h1-11,13-15,17,24-25H,12,16H2,(H,30,34)(H,31,35)/t24-,25-/m1/s1. The zero-order valence-corrected chi connectivity index (χ0v) is 19.5. The summed E-state index contributed by atoms with van der Waals surface area (Å²) >= 11 is 5.72. The Morgan fingerprint density at radius 2 is 1.91 bits per heavy atom. The van der Waals surface area contributed by atoms with E-state index >= 15 is 0 Å². The van der Waals surface area contributed by atoms with Crippen molar-refractivity contribution in [1.29, 1.82) is 0 Å². The molecular weight excluding hydrogens is 463 g/mol. The van der Waals surface area contributed by atoms with Gasteiger partial charge in [-0.05, 0) is 72.9 Å². The first kappa shape index (κ1) is 22.7. The van der Waals surface area contributed by atoms with Crippen LogP contribution in [0.3, 0.4) is 0 Å². The molecule has 0 saturated carbocycles. The van der Waals surface area contributed by atoms with Gasteiger partial charge in [-0.15, -0.1) is 0 Å². The minimum atomic E-state index is -0.350. The molecular formula is C26H23FN6OS. The maximum atomic E-state index is 13.2. The number of halogens is 1. The van der Waals surface area contributed by atoms with Crippen LogP contribution >= 0.6 is 12.2 Å². The number of aromatic nitrogens is 3. The molecule has 4 aromatic rings. The van der Waals surface area contributed by atoms with Crippen LogP contribution in [-0.2, 0) is 4.79 Å². The molecule has 7 nitrogen and oxygen atoms in total. The summed E-state index contributed by atoms with van der Waals surface area (Å²) in [6, 6.07) is 19.0. The summed E-state index contributed by atoms with van der Waals surface area (Å²) in [6.45, 7) is 0.394. The maximum Gasteiger partial charge on any atom is 0.226 e. The Kier molecular flexibility index (Phi) is 6.49. The van der Waals surface area contributed by atoms with Crippen LogP contribution in [0.4, 0.5) is 10.1 Å². The van der Waals surface area contributed by atoms with Gasteiger partial charge in [0.1, 0.15) is 5.82 Å². The number of nitrogens with one attached hydrogen (secondary N) is 2. The van der Waals surface area contributed by atoms with Crippen LogP contribution in [0.5, 0.6) is 0 Å². The van der Waals surface area contributed by atoms with Crippen molar-refractivity contribution in [2.45, 2.75) is 18.5 Å². The highest BCUT2D eigenvalue weighted by molar-refractivity contribution is 7.80. The van der Waals surface area contributed by atoms with Crippen LogP contribution < -0.4 is 10.6 Å². The van der Waals surface area contributed by atoms with Crippen molar-refractivity contribution in [3.63, 3.8) is 0 Å². The van der Waals surface area contributed by atoms with Gasteiger partial charge < -0.3 is 20.1 Å². The molecule has 35 heavy (non-hydrogen) atoms. The third-order valence-electron chi connectivity index (χ3n) is 5.91. The lowest BCUT2D eigenvalue weighted by atomic mass is 10.0. The third kappa shape index (κ3) is 4.90. The Morgan fingerprint density at radius 1 is 1.06 bits per heavy atom. The molecule has 1 aliphatic heterocycles. The van der Waals surface area contributed by atoms with Gasteiger partial charge in [0.2, 0.25) is 5.91 Å². The Hall–Kier alpha value is -4.11. The van der Waals surface area contributed by atoms with Crippen LogP contribution in [-0.4, -0.2) is 37.0 Å². The van der Waals surface area contributed by atoms with Crippen molar-refractivity contribution < 1.29 is 9.18 Å². The molecule has 176 valence electrons. The van der Waals surface area contributed by atoms with Gasteiger partial charge in [-0.3, -0.25) is 14.8 Å². The molecule has 1 fully saturated rings. The summed E-state index contributed by atoms with van der Waals surface area (Å²) in [5.41, 5.74) is 3.34. The first-order valence-electron chi connectivity index (χ1n) is 11.2. The molecule has 1 saturated heterocycles. The average Bonchev–Trinajstić information content (AvgIpc) is 3.49. The zero-order valence-electron chi connectivity index (χ0n) is 18.7. The fraction of sp³-hybridized carbons (Fsp3) is 0.154. The number of benzene rings is 1. The molecule has 2 N–H and O–H groups in total. The van der Waals surface area contributed by atoms with E-state index < -0.39 is 0 Å². The summed E-state index contributed by atoms with van der Waals surface area (Å²) < 4.78 is 15.3. The molecule has 4 heterocycles. The predicted octanol–water partition coefficient (Wildman–Crippen LogP) is 4.41. The molecule has 1 amide bonds. The smallest absolute Gasteiger partial charge is 0.226 e. The predicted molar refractivity (Wildman–Crippen MR) is 135 cm³/mol. The van der Waals surface area contributed by atoms with Crippen molar-refractivity contribution in [1.82, 2.24) is 24.8 Å². The average molecular weight is 487 g/mol. The molecule has 0 unspecified atom stereocenters.